The summed E-state index contributed by atoms with van der Waals surface area (Å²) in [5, 5.41) is 9.56. The quantitative estimate of drug-likeness (QED) is 0.811. The van der Waals surface area contributed by atoms with E-state index in [0.717, 1.165) is 0 Å². The smallest absolute Gasteiger partial charge is 0.192 e. The van der Waals surface area contributed by atoms with Gasteiger partial charge in [-0.25, -0.2) is 8.42 Å². The van der Waals surface area contributed by atoms with Gasteiger partial charge in [-0.2, -0.15) is 5.26 Å². The van der Waals surface area contributed by atoms with E-state index in [1.54, 1.807) is 36.4 Å². The first-order valence-electron chi connectivity index (χ1n) is 5.62. The first-order valence-corrected chi connectivity index (χ1v) is 7.65. The van der Waals surface area contributed by atoms with Gasteiger partial charge in [0.05, 0.1) is 18.3 Å². The van der Waals surface area contributed by atoms with Crippen LogP contribution in [0.2, 0.25) is 5.02 Å². The molecule has 0 unspecified atom stereocenters. The summed E-state index contributed by atoms with van der Waals surface area (Å²) in [4.78, 5) is -0.297. The molecule has 0 saturated heterocycles. The largest absolute Gasteiger partial charge is 0.472 e. The molecule has 0 aliphatic carbocycles. The van der Waals surface area contributed by atoms with Crippen LogP contribution in [0.15, 0.2) is 52.2 Å². The van der Waals surface area contributed by atoms with E-state index in [4.69, 9.17) is 21.3 Å². The zero-order valence-corrected chi connectivity index (χ0v) is 11.9. The normalized spacial score (nSPS) is 12.1. The minimum Gasteiger partial charge on any atom is -0.472 e. The van der Waals surface area contributed by atoms with Gasteiger partial charge in [-0.1, -0.05) is 23.7 Å². The Morgan fingerprint density at radius 2 is 2.00 bits per heavy atom. The van der Waals surface area contributed by atoms with E-state index in [1.165, 1.54) is 18.6 Å². The van der Waals surface area contributed by atoms with Crippen molar-refractivity contribution in [1.29, 1.82) is 5.26 Å². The minimum atomic E-state index is -3.70. The summed E-state index contributed by atoms with van der Waals surface area (Å²) in [7, 11) is -3.70. The van der Waals surface area contributed by atoms with Gasteiger partial charge in [-0.05, 0) is 29.8 Å². The van der Waals surface area contributed by atoms with E-state index in [1.807, 2.05) is 0 Å². The number of nitrogens with zero attached hydrogens (tertiary/aromatic N) is 1. The van der Waals surface area contributed by atoms with Crippen LogP contribution in [0.1, 0.15) is 11.1 Å². The Balaban J connectivity index is 2.29. The molecule has 20 heavy (non-hydrogen) atoms. The number of sulfone groups is 1. The van der Waals surface area contributed by atoms with Gasteiger partial charge in [-0.15, -0.1) is 0 Å². The predicted molar refractivity (Wildman–Crippen MR) is 76.4 cm³/mol. The summed E-state index contributed by atoms with van der Waals surface area (Å²) in [6.07, 6.45) is 4.07. The molecule has 0 radical (unpaired) electrons. The van der Waals surface area contributed by atoms with Crippen LogP contribution >= 0.6 is 11.6 Å². The van der Waals surface area contributed by atoms with Gasteiger partial charge in [-0.3, -0.25) is 0 Å². The summed E-state index contributed by atoms with van der Waals surface area (Å²) >= 11 is 5.74. The van der Waals surface area contributed by atoms with Crippen molar-refractivity contribution >= 4 is 27.5 Å². The third kappa shape index (κ3) is 3.50. The van der Waals surface area contributed by atoms with Gasteiger partial charge in [0.25, 0.3) is 0 Å². The highest BCUT2D eigenvalue weighted by molar-refractivity contribution is 7.95. The van der Waals surface area contributed by atoms with Gasteiger partial charge in [0.15, 0.2) is 9.84 Å². The highest BCUT2D eigenvalue weighted by Crippen LogP contribution is 2.19. The zero-order valence-electron chi connectivity index (χ0n) is 10.3. The predicted octanol–water partition coefficient (Wildman–Crippen LogP) is 3.41. The molecule has 0 spiro atoms. The third-order valence-electron chi connectivity index (χ3n) is 2.56. The lowest BCUT2D eigenvalue weighted by molar-refractivity contribution is 0.567. The number of hydrogen-bond donors (Lipinski definition) is 0. The summed E-state index contributed by atoms with van der Waals surface area (Å²) in [6, 6.07) is 9.75. The molecule has 0 aliphatic rings. The molecule has 0 atom stereocenters. The Morgan fingerprint density at radius 3 is 2.55 bits per heavy atom. The number of rotatable bonds is 4. The number of allylic oxidation sites excluding steroid dienone is 1. The van der Waals surface area contributed by atoms with Crippen molar-refractivity contribution in [1.82, 2.24) is 0 Å². The van der Waals surface area contributed by atoms with E-state index < -0.39 is 9.84 Å². The lowest BCUT2D eigenvalue weighted by atomic mass is 10.2. The molecule has 0 amide bonds. The maximum atomic E-state index is 12.2. The van der Waals surface area contributed by atoms with E-state index in [-0.39, 0.29) is 10.7 Å². The molecular formula is C14H10ClNO3S. The van der Waals surface area contributed by atoms with Crippen LogP contribution in [0, 0.1) is 11.3 Å². The molecule has 2 aromatic rings. The number of benzene rings is 1. The van der Waals surface area contributed by atoms with E-state index >= 15 is 0 Å². The van der Waals surface area contributed by atoms with Crippen molar-refractivity contribution in [2.75, 3.05) is 0 Å². The molecule has 0 fully saturated rings. The van der Waals surface area contributed by atoms with Crippen molar-refractivity contribution in [3.8, 4) is 6.07 Å². The fourth-order valence-electron chi connectivity index (χ4n) is 1.58. The Kier molecular flexibility index (Phi) is 4.28. The highest BCUT2D eigenvalue weighted by atomic mass is 35.5. The lowest BCUT2D eigenvalue weighted by Crippen LogP contribution is -2.06. The second-order valence-electron chi connectivity index (χ2n) is 4.06. The molecule has 6 heteroatoms. The zero-order chi connectivity index (χ0) is 14.6. The van der Waals surface area contributed by atoms with Gasteiger partial charge in [0.1, 0.15) is 11.0 Å². The SMILES string of the molecule is N#CC(=Cc1ccoc1)S(=O)(=O)Cc1ccc(Cl)cc1. The van der Waals surface area contributed by atoms with E-state index in [0.29, 0.717) is 16.1 Å². The van der Waals surface area contributed by atoms with Crippen LogP contribution in [0.5, 0.6) is 0 Å². The number of halogens is 1. The summed E-state index contributed by atoms with van der Waals surface area (Å²) in [6.45, 7) is 0. The molecule has 0 saturated carbocycles. The van der Waals surface area contributed by atoms with Crippen LogP contribution in [-0.4, -0.2) is 8.42 Å². The molecule has 1 aromatic carbocycles. The monoisotopic (exact) mass is 307 g/mol. The topological polar surface area (TPSA) is 71.1 Å². The van der Waals surface area contributed by atoms with Crippen LogP contribution in [0.25, 0.3) is 6.08 Å². The van der Waals surface area contributed by atoms with Crippen molar-refractivity contribution in [3.05, 3.63) is 63.9 Å². The molecule has 1 aromatic heterocycles. The fourth-order valence-corrected chi connectivity index (χ4v) is 2.95. The summed E-state index contributed by atoms with van der Waals surface area (Å²) in [5.74, 6) is -0.249. The fraction of sp³-hybridized carbons (Fsp3) is 0.0714. The maximum Gasteiger partial charge on any atom is 0.192 e. The molecule has 0 aliphatic heterocycles. The van der Waals surface area contributed by atoms with Crippen LogP contribution in [0.3, 0.4) is 0 Å². The second kappa shape index (κ2) is 5.95. The standard InChI is InChI=1S/C14H10ClNO3S/c15-13-3-1-11(2-4-13)10-20(17,18)14(8-16)7-12-5-6-19-9-12/h1-7,9H,10H2. The molecule has 102 valence electrons. The average Bonchev–Trinajstić information content (AvgIpc) is 2.91. The Labute approximate surface area is 121 Å². The first kappa shape index (κ1) is 14.4. The van der Waals surface area contributed by atoms with Crippen molar-refractivity contribution in [2.24, 2.45) is 0 Å². The number of furan rings is 1. The van der Waals surface area contributed by atoms with Gasteiger partial charge in [0.2, 0.25) is 0 Å². The number of hydrogen-bond acceptors (Lipinski definition) is 4. The maximum absolute atomic E-state index is 12.2. The van der Waals surface area contributed by atoms with E-state index in [2.05, 4.69) is 0 Å². The van der Waals surface area contributed by atoms with Crippen LogP contribution in [-0.2, 0) is 15.6 Å². The van der Waals surface area contributed by atoms with Crippen molar-refractivity contribution in [3.63, 3.8) is 0 Å². The minimum absolute atomic E-state index is 0.249. The Morgan fingerprint density at radius 1 is 1.30 bits per heavy atom. The van der Waals surface area contributed by atoms with Gasteiger partial charge < -0.3 is 4.42 Å². The second-order valence-corrected chi connectivity index (χ2v) is 6.46. The third-order valence-corrected chi connectivity index (χ3v) is 4.40. The highest BCUT2D eigenvalue weighted by Gasteiger charge is 2.18. The molecular weight excluding hydrogens is 298 g/mol. The Bertz CT molecular complexity index is 754. The van der Waals surface area contributed by atoms with Crippen LogP contribution < -0.4 is 0 Å². The molecule has 0 bridgehead atoms. The van der Waals surface area contributed by atoms with Crippen molar-refractivity contribution in [2.45, 2.75) is 5.75 Å². The van der Waals surface area contributed by atoms with Gasteiger partial charge in [0, 0.05) is 10.6 Å². The lowest BCUT2D eigenvalue weighted by Gasteiger charge is -2.03. The molecule has 4 nitrogen and oxygen atoms in total. The summed E-state index contributed by atoms with van der Waals surface area (Å²) < 4.78 is 29.2. The molecule has 0 N–H and O–H groups in total. The van der Waals surface area contributed by atoms with E-state index in [9.17, 15) is 8.42 Å². The van der Waals surface area contributed by atoms with Crippen LogP contribution in [0.4, 0.5) is 0 Å². The number of nitriles is 1. The summed E-state index contributed by atoms with van der Waals surface area (Å²) in [5.41, 5.74) is 1.10. The molecule has 2 rings (SSSR count). The average molecular weight is 308 g/mol. The van der Waals surface area contributed by atoms with Gasteiger partial charge >= 0.3 is 0 Å². The van der Waals surface area contributed by atoms with Crippen molar-refractivity contribution < 1.29 is 12.8 Å². The first-order chi connectivity index (χ1) is 9.51. The molecule has 1 heterocycles. The Hall–Kier alpha value is -2.03.